The lowest BCUT2D eigenvalue weighted by molar-refractivity contribution is -0.124. The molecule has 0 saturated carbocycles. The number of nitrogens with zero attached hydrogens (tertiary/aromatic N) is 2. The summed E-state index contributed by atoms with van der Waals surface area (Å²) in [5, 5.41) is 6.43. The number of carbonyl (C=O) groups is 2. The third-order valence-corrected chi connectivity index (χ3v) is 36.0. The Hall–Kier alpha value is -4.60. The lowest BCUT2D eigenvalue weighted by Crippen LogP contribution is -2.41. The molecule has 13 heterocycles. The van der Waals surface area contributed by atoms with E-state index >= 15 is 9.59 Å². The predicted octanol–water partition coefficient (Wildman–Crippen LogP) is 34.7. The van der Waals surface area contributed by atoms with Crippen LogP contribution in [0.5, 0.6) is 0 Å². The minimum absolute atomic E-state index is 0.0411. The second-order valence-corrected chi connectivity index (χ2v) is 44.6. The van der Waals surface area contributed by atoms with Gasteiger partial charge in [0, 0.05) is 86.1 Å². The molecule has 0 aromatic carbocycles. The molecule has 2 atom stereocenters. The number of rotatable bonds is 54. The zero-order valence-corrected chi connectivity index (χ0v) is 80.0. The first-order valence-electron chi connectivity index (χ1n) is 45.5. The van der Waals surface area contributed by atoms with Crippen LogP contribution < -0.4 is 4.78 Å². The van der Waals surface area contributed by atoms with Gasteiger partial charge >= 0.3 is 7.12 Å². The van der Waals surface area contributed by atoms with E-state index in [1.807, 2.05) is 45.3 Å². The number of unbranched alkanes of at least 4 members (excludes halogenated alkanes) is 32. The van der Waals surface area contributed by atoms with E-state index in [1.165, 1.54) is 299 Å². The molecule has 0 spiro atoms. The van der Waals surface area contributed by atoms with Crippen molar-refractivity contribution in [1.29, 1.82) is 0 Å². The minimum Gasteiger partial charge on any atom is -0.399 e. The molecule has 0 aliphatic carbocycles. The van der Waals surface area contributed by atoms with Gasteiger partial charge in [0.25, 0.3) is 11.8 Å². The molecule has 13 rings (SSSR count). The van der Waals surface area contributed by atoms with Crippen LogP contribution in [-0.4, -0.2) is 53.0 Å². The van der Waals surface area contributed by atoms with Crippen molar-refractivity contribution in [2.24, 2.45) is 11.8 Å². The molecule has 17 heteroatoms. The number of thiophene rings is 10. The molecule has 117 heavy (non-hydrogen) atoms. The van der Waals surface area contributed by atoms with Crippen LogP contribution in [0.25, 0.3) is 79.7 Å². The molecule has 10 aromatic heterocycles. The Morgan fingerprint density at radius 1 is 0.282 bits per heavy atom. The van der Waals surface area contributed by atoms with Crippen LogP contribution in [0.3, 0.4) is 0 Å². The molecule has 6 nitrogen and oxygen atoms in total. The molecule has 0 bridgehead atoms. The number of fused-ring (bicyclic) bond motifs is 1. The summed E-state index contributed by atoms with van der Waals surface area (Å²) in [6, 6.07) is 44.6. The highest BCUT2D eigenvalue weighted by atomic mass is 32.1. The van der Waals surface area contributed by atoms with Gasteiger partial charge in [-0.15, -0.1) is 113 Å². The van der Waals surface area contributed by atoms with Gasteiger partial charge in [0.2, 0.25) is 0 Å². The fourth-order valence-corrected chi connectivity index (χ4v) is 26.8. The van der Waals surface area contributed by atoms with E-state index in [9.17, 15) is 0 Å². The first-order chi connectivity index (χ1) is 57.2. The largest absolute Gasteiger partial charge is 0.505 e. The summed E-state index contributed by atoms with van der Waals surface area (Å²) >= 11 is 18.1. The average Bonchev–Trinajstić information content (AvgIpc) is 1.55. The second-order valence-electron chi connectivity index (χ2n) is 34.2. The first-order valence-corrected chi connectivity index (χ1v) is 53.9. The molecule has 1 saturated heterocycles. The van der Waals surface area contributed by atoms with Gasteiger partial charge in [0.15, 0.2) is 0 Å². The highest BCUT2D eigenvalue weighted by molar-refractivity contribution is 7.30. The van der Waals surface area contributed by atoms with E-state index in [4.69, 9.17) is 9.31 Å². The van der Waals surface area contributed by atoms with E-state index in [0.29, 0.717) is 36.1 Å². The van der Waals surface area contributed by atoms with Gasteiger partial charge in [0.05, 0.1) is 43.5 Å². The van der Waals surface area contributed by atoms with E-state index in [2.05, 4.69) is 203 Å². The molecule has 0 N–H and O–H groups in total. The standard InChI is InChI=1S/C86H116N2O2S8.C14H17BO2S2/c1-5-9-13-17-21-25-27-31-35-39-45-65(43-37-33-29-23-19-15-11-7-3)63-87-83(79-59-57-77(97-79)75-55-53-73(95-75)71-51-49-69(93-71)67-47-41-61-91-67)81-82(85(87)89)84(80-60-58-78(98-80)76-56-54-74(96-76)72-52-50-70(94-72)68-48-42-62-92-68)88(86(81)90)64-66(44-38-34-30-24-20-16-12-8-4)46-40-36-32-28-26-22-18-14-10-6-2;1-13(2)14(3,4)17-15(16-13)12-8-7-11(19-12)10-6-5-9-18-10/h41-42,47-62,65-66H,5-40,43-46,63-64H2,1-4H3;5-9H,1-4H3. The van der Waals surface area contributed by atoms with Gasteiger partial charge in [0.1, 0.15) is 0 Å². The Kier molecular flexibility index (Phi) is 37.5. The number of hydrogen-bond donors (Lipinski definition) is 0. The topological polar surface area (TPSA) is 59.1 Å². The van der Waals surface area contributed by atoms with Crippen molar-refractivity contribution in [3.63, 3.8) is 0 Å². The van der Waals surface area contributed by atoms with Crippen molar-refractivity contribution in [2.75, 3.05) is 13.1 Å². The van der Waals surface area contributed by atoms with Crippen molar-refractivity contribution in [2.45, 2.75) is 323 Å². The van der Waals surface area contributed by atoms with Gasteiger partial charge in [-0.25, -0.2) is 0 Å². The second kappa shape index (κ2) is 47.9. The maximum absolute atomic E-state index is 16.5. The SMILES string of the molecule is CC1(C)OB(c2ccc(-c3cccs3)s2)OC1(C)C.CCCCCCCCCCCCC(CCCCCCCCCC)CN1C(=O)C2=C(c3ccc(-c4ccc(-c5ccc(-c6cccs6)s5)s4)s3)N(CC(CCCCCCCCCC)CCCCCCCCCCCC)C(=O)C2=C1c1ccc(-c2ccc(-c3ccc(-c4cccs4)s3)s2)s1. The van der Waals surface area contributed by atoms with E-state index in [-0.39, 0.29) is 30.1 Å². The fraction of sp³-hybridized carbons (Fsp3) is 0.540. The van der Waals surface area contributed by atoms with Gasteiger partial charge in [-0.2, -0.15) is 0 Å². The van der Waals surface area contributed by atoms with Gasteiger partial charge < -0.3 is 19.1 Å². The molecule has 2 amide bonds. The van der Waals surface area contributed by atoms with Gasteiger partial charge in [-0.1, -0.05) is 283 Å². The molecule has 3 aliphatic rings. The molecular weight excluding hydrogens is 1620 g/mol. The third kappa shape index (κ3) is 26.0. The molecule has 2 unspecified atom stereocenters. The zero-order chi connectivity index (χ0) is 81.6. The summed E-state index contributed by atoms with van der Waals surface area (Å²) in [5.74, 6) is 0.786. The molecule has 1 fully saturated rings. The minimum atomic E-state index is -0.273. The maximum Gasteiger partial charge on any atom is 0.505 e. The normalized spacial score (nSPS) is 15.2. The van der Waals surface area contributed by atoms with E-state index < -0.39 is 0 Å². The average molecular weight is 1760 g/mol. The van der Waals surface area contributed by atoms with Crippen LogP contribution in [0.15, 0.2) is 149 Å². The number of hydrogen-bond acceptors (Lipinski definition) is 14. The molecular formula is C100H133BN2O4S10. The Labute approximate surface area is 745 Å². The first kappa shape index (κ1) is 91.6. The molecule has 10 aromatic rings. The van der Waals surface area contributed by atoms with Crippen LogP contribution in [-0.2, 0) is 18.9 Å². The predicted molar refractivity (Wildman–Crippen MR) is 523 cm³/mol. The zero-order valence-electron chi connectivity index (χ0n) is 71.8. The highest BCUT2D eigenvalue weighted by Crippen LogP contribution is 2.53. The summed E-state index contributed by atoms with van der Waals surface area (Å²) in [4.78, 5) is 57.3. The monoisotopic (exact) mass is 1760 g/mol. The summed E-state index contributed by atoms with van der Waals surface area (Å²) in [7, 11) is -0.247. The summed E-state index contributed by atoms with van der Waals surface area (Å²) in [5.41, 5.74) is 2.52. The molecule has 630 valence electrons. The third-order valence-electron chi connectivity index (χ3n) is 24.4. The van der Waals surface area contributed by atoms with E-state index in [1.54, 1.807) is 68.0 Å². The summed E-state index contributed by atoms with van der Waals surface area (Å²) < 4.78 is 13.3. The maximum atomic E-state index is 16.5. The van der Waals surface area contributed by atoms with Crippen LogP contribution >= 0.6 is 113 Å². The molecule has 3 aliphatic heterocycles. The lowest BCUT2D eigenvalue weighted by atomic mass is 9.88. The Balaban J connectivity index is 0.000000576. The Bertz CT molecular complexity index is 4330. The Morgan fingerprint density at radius 3 is 0.761 bits per heavy atom. The van der Waals surface area contributed by atoms with Crippen molar-refractivity contribution in [1.82, 2.24) is 9.80 Å². The smallest absolute Gasteiger partial charge is 0.399 e. The van der Waals surface area contributed by atoms with Crippen molar-refractivity contribution in [3.05, 3.63) is 158 Å². The van der Waals surface area contributed by atoms with Gasteiger partial charge in [-0.3, -0.25) is 9.59 Å². The lowest BCUT2D eigenvalue weighted by Gasteiger charge is -2.32. The van der Waals surface area contributed by atoms with Crippen molar-refractivity contribution >= 4 is 148 Å². The number of amides is 2. The quantitative estimate of drug-likeness (QED) is 0.0282. The molecule has 0 radical (unpaired) electrons. The Morgan fingerprint density at radius 2 is 0.504 bits per heavy atom. The van der Waals surface area contributed by atoms with Crippen molar-refractivity contribution in [3.8, 4) is 68.3 Å². The summed E-state index contributed by atoms with van der Waals surface area (Å²) in [6.45, 7) is 18.9. The van der Waals surface area contributed by atoms with Crippen LogP contribution in [0.2, 0.25) is 0 Å². The highest BCUT2D eigenvalue weighted by Gasteiger charge is 2.53. The van der Waals surface area contributed by atoms with E-state index in [0.717, 1.165) is 51.6 Å². The fourth-order valence-electron chi connectivity index (χ4n) is 16.8. The summed E-state index contributed by atoms with van der Waals surface area (Å²) in [6.07, 6.45) is 51.5. The van der Waals surface area contributed by atoms with Gasteiger partial charge in [-0.05, 0) is 178 Å². The van der Waals surface area contributed by atoms with Crippen molar-refractivity contribution < 1.29 is 18.9 Å². The number of carbonyl (C=O) groups excluding carboxylic acids is 2. The van der Waals surface area contributed by atoms with Crippen LogP contribution in [0.4, 0.5) is 0 Å². The van der Waals surface area contributed by atoms with Crippen LogP contribution in [0, 0.1) is 11.8 Å². The van der Waals surface area contributed by atoms with Crippen LogP contribution in [0.1, 0.15) is 322 Å².